The second-order valence-electron chi connectivity index (χ2n) is 4.96. The highest BCUT2D eigenvalue weighted by Crippen LogP contribution is 2.26. The molecule has 0 aliphatic carbocycles. The van der Waals surface area contributed by atoms with E-state index in [1.807, 2.05) is 37.3 Å². The SMILES string of the molecule is COc1ccc2cc(OC(=O)C(C)C3CO3)ccc2c1. The molecule has 2 aromatic carbocycles. The monoisotopic (exact) mass is 272 g/mol. The van der Waals surface area contributed by atoms with Crippen molar-refractivity contribution in [2.45, 2.75) is 13.0 Å². The van der Waals surface area contributed by atoms with Gasteiger partial charge in [0.2, 0.25) is 0 Å². The first-order chi connectivity index (χ1) is 9.67. The van der Waals surface area contributed by atoms with Crippen molar-refractivity contribution >= 4 is 16.7 Å². The van der Waals surface area contributed by atoms with E-state index in [2.05, 4.69) is 0 Å². The average molecular weight is 272 g/mol. The van der Waals surface area contributed by atoms with Gasteiger partial charge in [0.1, 0.15) is 11.5 Å². The number of ether oxygens (including phenoxy) is 3. The molecule has 0 spiro atoms. The number of hydrogen-bond acceptors (Lipinski definition) is 4. The Labute approximate surface area is 117 Å². The molecule has 0 amide bonds. The summed E-state index contributed by atoms with van der Waals surface area (Å²) in [6.07, 6.45) is 0.0206. The Balaban J connectivity index is 1.80. The predicted molar refractivity (Wildman–Crippen MR) is 75.0 cm³/mol. The Bertz CT molecular complexity index is 646. The van der Waals surface area contributed by atoms with Gasteiger partial charge in [-0.15, -0.1) is 0 Å². The van der Waals surface area contributed by atoms with Crippen LogP contribution in [0.4, 0.5) is 0 Å². The van der Waals surface area contributed by atoms with Gasteiger partial charge in [-0.3, -0.25) is 4.79 Å². The summed E-state index contributed by atoms with van der Waals surface area (Å²) in [7, 11) is 1.64. The Morgan fingerprint density at radius 1 is 1.20 bits per heavy atom. The molecule has 0 N–H and O–H groups in total. The lowest BCUT2D eigenvalue weighted by Gasteiger charge is -2.09. The fourth-order valence-corrected chi connectivity index (χ4v) is 2.10. The van der Waals surface area contributed by atoms with Crippen LogP contribution in [-0.2, 0) is 9.53 Å². The molecule has 1 fully saturated rings. The Morgan fingerprint density at radius 3 is 2.40 bits per heavy atom. The number of hydrogen-bond donors (Lipinski definition) is 0. The fourth-order valence-electron chi connectivity index (χ4n) is 2.10. The van der Waals surface area contributed by atoms with Gasteiger partial charge >= 0.3 is 5.97 Å². The maximum Gasteiger partial charge on any atom is 0.316 e. The molecule has 0 bridgehead atoms. The molecule has 104 valence electrons. The maximum absolute atomic E-state index is 11.9. The van der Waals surface area contributed by atoms with E-state index in [1.54, 1.807) is 13.2 Å². The normalized spacial score (nSPS) is 18.6. The molecule has 2 atom stereocenters. The van der Waals surface area contributed by atoms with E-state index in [0.29, 0.717) is 12.4 Å². The minimum absolute atomic E-state index is 0.0206. The zero-order valence-electron chi connectivity index (χ0n) is 11.5. The van der Waals surface area contributed by atoms with Crippen molar-refractivity contribution in [3.63, 3.8) is 0 Å². The number of carbonyl (C=O) groups excluding carboxylic acids is 1. The molecule has 4 heteroatoms. The van der Waals surface area contributed by atoms with Gasteiger partial charge in [-0.25, -0.2) is 0 Å². The highest BCUT2D eigenvalue weighted by atomic mass is 16.6. The molecule has 4 nitrogen and oxygen atoms in total. The number of benzene rings is 2. The van der Waals surface area contributed by atoms with Crippen LogP contribution in [0.15, 0.2) is 36.4 Å². The second-order valence-corrected chi connectivity index (χ2v) is 4.96. The minimum Gasteiger partial charge on any atom is -0.497 e. The summed E-state index contributed by atoms with van der Waals surface area (Å²) < 4.78 is 15.7. The van der Waals surface area contributed by atoms with Gasteiger partial charge in [0, 0.05) is 0 Å². The van der Waals surface area contributed by atoms with Crippen LogP contribution in [0.5, 0.6) is 11.5 Å². The topological polar surface area (TPSA) is 48.1 Å². The minimum atomic E-state index is -0.250. The van der Waals surface area contributed by atoms with Crippen molar-refractivity contribution in [1.82, 2.24) is 0 Å². The summed E-state index contributed by atoms with van der Waals surface area (Å²) in [4.78, 5) is 11.9. The predicted octanol–water partition coefficient (Wildman–Crippen LogP) is 2.79. The van der Waals surface area contributed by atoms with Crippen molar-refractivity contribution in [1.29, 1.82) is 0 Å². The number of rotatable bonds is 4. The van der Waals surface area contributed by atoms with E-state index in [4.69, 9.17) is 14.2 Å². The average Bonchev–Trinajstić information content (AvgIpc) is 3.30. The molecule has 1 aliphatic heterocycles. The van der Waals surface area contributed by atoms with Gasteiger partial charge in [0.15, 0.2) is 0 Å². The first-order valence-electron chi connectivity index (χ1n) is 6.58. The number of carbonyl (C=O) groups is 1. The molecule has 0 aromatic heterocycles. The molecule has 0 radical (unpaired) electrons. The highest BCUT2D eigenvalue weighted by Gasteiger charge is 2.35. The molecule has 0 saturated carbocycles. The van der Waals surface area contributed by atoms with E-state index >= 15 is 0 Å². The van der Waals surface area contributed by atoms with Crippen LogP contribution in [0.3, 0.4) is 0 Å². The Hall–Kier alpha value is -2.07. The Kier molecular flexibility index (Phi) is 3.32. The summed E-state index contributed by atoms with van der Waals surface area (Å²) in [6, 6.07) is 11.3. The number of epoxide rings is 1. The number of methoxy groups -OCH3 is 1. The first-order valence-corrected chi connectivity index (χ1v) is 6.58. The zero-order valence-corrected chi connectivity index (χ0v) is 11.5. The van der Waals surface area contributed by atoms with Crippen LogP contribution in [0, 0.1) is 5.92 Å². The lowest BCUT2D eigenvalue weighted by molar-refractivity contribution is -0.138. The summed E-state index contributed by atoms with van der Waals surface area (Å²) in [6.45, 7) is 2.47. The summed E-state index contributed by atoms with van der Waals surface area (Å²) in [5, 5.41) is 2.05. The largest absolute Gasteiger partial charge is 0.497 e. The summed E-state index contributed by atoms with van der Waals surface area (Å²) in [5.74, 6) is 0.892. The smallest absolute Gasteiger partial charge is 0.316 e. The molecule has 2 unspecified atom stereocenters. The number of esters is 1. The van der Waals surface area contributed by atoms with E-state index in [0.717, 1.165) is 16.5 Å². The van der Waals surface area contributed by atoms with Crippen LogP contribution in [0.2, 0.25) is 0 Å². The van der Waals surface area contributed by atoms with Crippen LogP contribution in [0.1, 0.15) is 6.92 Å². The molecule has 1 saturated heterocycles. The van der Waals surface area contributed by atoms with Gasteiger partial charge in [-0.1, -0.05) is 12.1 Å². The van der Waals surface area contributed by atoms with Crippen LogP contribution in [-0.4, -0.2) is 25.8 Å². The molecule has 1 aliphatic rings. The van der Waals surface area contributed by atoms with Gasteiger partial charge in [-0.2, -0.15) is 0 Å². The van der Waals surface area contributed by atoms with Crippen LogP contribution < -0.4 is 9.47 Å². The molecule has 1 heterocycles. The first kappa shape index (κ1) is 12.9. The lowest BCUT2D eigenvalue weighted by Crippen LogP contribution is -2.22. The van der Waals surface area contributed by atoms with Gasteiger partial charge < -0.3 is 14.2 Å². The Morgan fingerprint density at radius 2 is 1.80 bits per heavy atom. The van der Waals surface area contributed by atoms with Crippen molar-refractivity contribution in [2.75, 3.05) is 13.7 Å². The van der Waals surface area contributed by atoms with Crippen molar-refractivity contribution in [3.8, 4) is 11.5 Å². The van der Waals surface area contributed by atoms with E-state index in [9.17, 15) is 4.79 Å². The third kappa shape index (κ3) is 2.60. The van der Waals surface area contributed by atoms with Crippen LogP contribution >= 0.6 is 0 Å². The molecular formula is C16H16O4. The van der Waals surface area contributed by atoms with E-state index in [1.165, 1.54) is 0 Å². The van der Waals surface area contributed by atoms with Crippen LogP contribution in [0.25, 0.3) is 10.8 Å². The second kappa shape index (κ2) is 5.13. The number of fused-ring (bicyclic) bond motifs is 1. The maximum atomic E-state index is 11.9. The standard InChI is InChI=1S/C16H16O4/c1-10(15-9-19-15)16(17)20-14-6-4-11-7-13(18-2)5-3-12(11)8-14/h3-8,10,15H,9H2,1-2H3. The van der Waals surface area contributed by atoms with Crippen molar-refractivity contribution in [2.24, 2.45) is 5.92 Å². The highest BCUT2D eigenvalue weighted by molar-refractivity contribution is 5.86. The lowest BCUT2D eigenvalue weighted by atomic mass is 10.1. The quantitative estimate of drug-likeness (QED) is 0.488. The van der Waals surface area contributed by atoms with Crippen molar-refractivity contribution < 1.29 is 19.0 Å². The van der Waals surface area contributed by atoms with E-state index in [-0.39, 0.29) is 18.0 Å². The fraction of sp³-hybridized carbons (Fsp3) is 0.312. The summed E-state index contributed by atoms with van der Waals surface area (Å²) in [5.41, 5.74) is 0. The molecule has 3 rings (SSSR count). The molecule has 20 heavy (non-hydrogen) atoms. The van der Waals surface area contributed by atoms with Crippen molar-refractivity contribution in [3.05, 3.63) is 36.4 Å². The molecular weight excluding hydrogens is 256 g/mol. The van der Waals surface area contributed by atoms with Gasteiger partial charge in [0.05, 0.1) is 25.7 Å². The molecule has 2 aromatic rings. The third-order valence-electron chi connectivity index (χ3n) is 3.53. The van der Waals surface area contributed by atoms with Gasteiger partial charge in [0.25, 0.3) is 0 Å². The zero-order chi connectivity index (χ0) is 14.1. The van der Waals surface area contributed by atoms with Gasteiger partial charge in [-0.05, 0) is 42.0 Å². The summed E-state index contributed by atoms with van der Waals surface area (Å²) >= 11 is 0. The third-order valence-corrected chi connectivity index (χ3v) is 3.53. The van der Waals surface area contributed by atoms with E-state index < -0.39 is 0 Å².